The zero-order chi connectivity index (χ0) is 7.72. The lowest BCUT2D eigenvalue weighted by atomic mass is 10.4. The third-order valence-corrected chi connectivity index (χ3v) is 2.18. The standard InChI is InChI=1S/C5H7NO3S/c1-3-5(10(7)8)4(2)9-6-3/h10H,1-2H3. The van der Waals surface area contributed by atoms with Gasteiger partial charge in [-0.15, -0.1) is 0 Å². The topological polar surface area (TPSA) is 60.2 Å². The molecule has 1 aromatic rings. The predicted octanol–water partition coefficient (Wildman–Crippen LogP) is 0.262. The number of hydrogen-bond donors (Lipinski definition) is 1. The van der Waals surface area contributed by atoms with E-state index in [1.807, 2.05) is 0 Å². The molecule has 0 N–H and O–H groups in total. The second-order valence-electron chi connectivity index (χ2n) is 1.93. The van der Waals surface area contributed by atoms with Crippen molar-refractivity contribution in [1.29, 1.82) is 0 Å². The van der Waals surface area contributed by atoms with Crippen molar-refractivity contribution in [2.45, 2.75) is 18.7 Å². The van der Waals surface area contributed by atoms with Crippen molar-refractivity contribution in [3.8, 4) is 0 Å². The Labute approximate surface area is 59.8 Å². The molecule has 0 fully saturated rings. The molecule has 0 aliphatic rings. The van der Waals surface area contributed by atoms with Crippen molar-refractivity contribution in [3.05, 3.63) is 11.5 Å². The maximum atomic E-state index is 10.4. The van der Waals surface area contributed by atoms with E-state index in [4.69, 9.17) is 0 Å². The first kappa shape index (κ1) is 7.27. The summed E-state index contributed by atoms with van der Waals surface area (Å²) in [6.07, 6.45) is 0. The highest BCUT2D eigenvalue weighted by Gasteiger charge is 2.09. The Morgan fingerprint density at radius 3 is 2.20 bits per heavy atom. The van der Waals surface area contributed by atoms with Crippen LogP contribution in [0, 0.1) is 13.8 Å². The summed E-state index contributed by atoms with van der Waals surface area (Å²) in [4.78, 5) is 0.204. The van der Waals surface area contributed by atoms with Crippen molar-refractivity contribution in [1.82, 2.24) is 5.16 Å². The summed E-state index contributed by atoms with van der Waals surface area (Å²) in [6.45, 7) is 3.16. The fourth-order valence-electron chi connectivity index (χ4n) is 0.739. The van der Waals surface area contributed by atoms with Gasteiger partial charge in [0.05, 0.1) is 5.69 Å². The molecular formula is C5H7NO3S. The van der Waals surface area contributed by atoms with Crippen molar-refractivity contribution >= 4 is 10.7 Å². The fraction of sp³-hybridized carbons (Fsp3) is 0.400. The Balaban J connectivity index is 3.36. The maximum Gasteiger partial charge on any atom is 0.173 e. The first-order valence-corrected chi connectivity index (χ1v) is 3.88. The number of hydrogen-bond acceptors (Lipinski definition) is 4. The van der Waals surface area contributed by atoms with E-state index in [-0.39, 0.29) is 4.90 Å². The largest absolute Gasteiger partial charge is 0.360 e. The van der Waals surface area contributed by atoms with Crippen molar-refractivity contribution in [3.63, 3.8) is 0 Å². The van der Waals surface area contributed by atoms with Gasteiger partial charge >= 0.3 is 0 Å². The van der Waals surface area contributed by atoms with Gasteiger partial charge < -0.3 is 4.52 Å². The Hall–Kier alpha value is -0.840. The number of aromatic nitrogens is 1. The molecule has 0 radical (unpaired) electrons. The zero-order valence-corrected chi connectivity index (χ0v) is 6.51. The second kappa shape index (κ2) is 2.42. The van der Waals surface area contributed by atoms with Gasteiger partial charge in [0.15, 0.2) is 16.5 Å². The summed E-state index contributed by atoms with van der Waals surface area (Å²) in [5.74, 6) is 0.355. The average molecular weight is 161 g/mol. The summed E-state index contributed by atoms with van der Waals surface area (Å²) < 4.78 is 25.5. The van der Waals surface area contributed by atoms with E-state index >= 15 is 0 Å². The highest BCUT2D eigenvalue weighted by molar-refractivity contribution is 7.72. The van der Waals surface area contributed by atoms with E-state index in [1.54, 1.807) is 13.8 Å². The van der Waals surface area contributed by atoms with Crippen LogP contribution in [0.1, 0.15) is 11.5 Å². The van der Waals surface area contributed by atoms with E-state index < -0.39 is 10.7 Å². The van der Waals surface area contributed by atoms with Gasteiger partial charge in [-0.1, -0.05) is 5.16 Å². The van der Waals surface area contributed by atoms with E-state index in [0.717, 1.165) is 0 Å². The van der Waals surface area contributed by atoms with Crippen LogP contribution in [0.2, 0.25) is 0 Å². The van der Waals surface area contributed by atoms with Crippen molar-refractivity contribution < 1.29 is 12.9 Å². The minimum Gasteiger partial charge on any atom is -0.360 e. The molecule has 10 heavy (non-hydrogen) atoms. The molecule has 0 aliphatic heterocycles. The average Bonchev–Trinajstić information content (AvgIpc) is 2.11. The zero-order valence-electron chi connectivity index (χ0n) is 5.62. The smallest absolute Gasteiger partial charge is 0.173 e. The quantitative estimate of drug-likeness (QED) is 0.600. The van der Waals surface area contributed by atoms with Crippen LogP contribution in [0.15, 0.2) is 9.42 Å². The van der Waals surface area contributed by atoms with Gasteiger partial charge in [0.2, 0.25) is 0 Å². The SMILES string of the molecule is Cc1noc(C)c1[SH](=O)=O. The molecule has 1 aromatic heterocycles. The molecule has 1 heterocycles. The minimum absolute atomic E-state index is 0.204. The van der Waals surface area contributed by atoms with E-state index in [0.29, 0.717) is 11.5 Å². The molecule has 0 saturated heterocycles. The third-order valence-electron chi connectivity index (χ3n) is 1.18. The summed E-state index contributed by atoms with van der Waals surface area (Å²) in [6, 6.07) is 0. The maximum absolute atomic E-state index is 10.4. The van der Waals surface area contributed by atoms with Gasteiger partial charge in [0.1, 0.15) is 4.90 Å². The van der Waals surface area contributed by atoms with Crippen LogP contribution < -0.4 is 0 Å². The highest BCUT2D eigenvalue weighted by Crippen LogP contribution is 2.12. The second-order valence-corrected chi connectivity index (χ2v) is 2.89. The molecule has 0 amide bonds. The Morgan fingerprint density at radius 2 is 2.00 bits per heavy atom. The van der Waals surface area contributed by atoms with Gasteiger partial charge in [-0.3, -0.25) is 0 Å². The summed E-state index contributed by atoms with van der Waals surface area (Å²) >= 11 is 0. The van der Waals surface area contributed by atoms with Crippen LogP contribution in [0.5, 0.6) is 0 Å². The summed E-state index contributed by atoms with van der Waals surface area (Å²) in [5, 5.41) is 3.48. The molecular weight excluding hydrogens is 154 g/mol. The van der Waals surface area contributed by atoms with Crippen molar-refractivity contribution in [2.75, 3.05) is 0 Å². The molecule has 0 aliphatic carbocycles. The first-order valence-electron chi connectivity index (χ1n) is 2.70. The van der Waals surface area contributed by atoms with E-state index in [1.165, 1.54) is 0 Å². The molecule has 5 heteroatoms. The molecule has 0 saturated carbocycles. The highest BCUT2D eigenvalue weighted by atomic mass is 32.2. The van der Waals surface area contributed by atoms with Gasteiger partial charge in [-0.05, 0) is 13.8 Å². The van der Waals surface area contributed by atoms with Gasteiger partial charge in [0, 0.05) is 0 Å². The predicted molar refractivity (Wildman–Crippen MR) is 34.6 cm³/mol. The molecule has 0 atom stereocenters. The lowest BCUT2D eigenvalue weighted by molar-refractivity contribution is 0.391. The fourth-order valence-corrected chi connectivity index (χ4v) is 1.34. The summed E-state index contributed by atoms with van der Waals surface area (Å²) in [7, 11) is -2.56. The van der Waals surface area contributed by atoms with E-state index in [2.05, 4.69) is 9.68 Å². The Bertz CT molecular complexity index is 285. The first-order chi connectivity index (χ1) is 4.63. The van der Waals surface area contributed by atoms with Crippen LogP contribution in [-0.4, -0.2) is 13.6 Å². The van der Waals surface area contributed by atoms with E-state index in [9.17, 15) is 8.42 Å². The van der Waals surface area contributed by atoms with Crippen LogP contribution in [-0.2, 0) is 10.7 Å². The Morgan fingerprint density at radius 1 is 1.40 bits per heavy atom. The van der Waals surface area contributed by atoms with Crippen LogP contribution in [0.3, 0.4) is 0 Å². The van der Waals surface area contributed by atoms with Crippen LogP contribution in [0.25, 0.3) is 0 Å². The normalized spacial score (nSPS) is 10.7. The molecule has 56 valence electrons. The minimum atomic E-state index is -2.56. The van der Waals surface area contributed by atoms with Gasteiger partial charge in [0.25, 0.3) is 0 Å². The molecule has 0 spiro atoms. The molecule has 4 nitrogen and oxygen atoms in total. The van der Waals surface area contributed by atoms with Crippen LogP contribution >= 0.6 is 0 Å². The Kier molecular flexibility index (Phi) is 1.76. The van der Waals surface area contributed by atoms with Crippen molar-refractivity contribution in [2.24, 2.45) is 0 Å². The number of thiol groups is 1. The number of rotatable bonds is 1. The number of aryl methyl sites for hydroxylation is 2. The van der Waals surface area contributed by atoms with Crippen LogP contribution in [0.4, 0.5) is 0 Å². The molecule has 1 rings (SSSR count). The third kappa shape index (κ3) is 1.04. The summed E-state index contributed by atoms with van der Waals surface area (Å²) in [5.41, 5.74) is 0.425. The molecule has 0 unspecified atom stereocenters. The lowest BCUT2D eigenvalue weighted by Crippen LogP contribution is -1.82. The van der Waals surface area contributed by atoms with Gasteiger partial charge in [-0.25, -0.2) is 8.42 Å². The van der Waals surface area contributed by atoms with Gasteiger partial charge in [-0.2, -0.15) is 0 Å². The molecule has 0 bridgehead atoms. The monoisotopic (exact) mass is 161 g/mol. The number of nitrogens with zero attached hydrogens (tertiary/aromatic N) is 1. The molecule has 0 aromatic carbocycles. The lowest BCUT2D eigenvalue weighted by Gasteiger charge is -1.81.